The van der Waals surface area contributed by atoms with Crippen molar-refractivity contribution in [3.8, 4) is 5.75 Å². The van der Waals surface area contributed by atoms with Crippen LogP contribution >= 0.6 is 0 Å². The summed E-state index contributed by atoms with van der Waals surface area (Å²) in [7, 11) is 1.64. The largest absolute Gasteiger partial charge is 0.497 e. The lowest BCUT2D eigenvalue weighted by molar-refractivity contribution is -0.134. The average molecular weight is 449 g/mol. The predicted molar refractivity (Wildman–Crippen MR) is 128 cm³/mol. The summed E-state index contributed by atoms with van der Waals surface area (Å²) in [6.45, 7) is 5.80. The van der Waals surface area contributed by atoms with Crippen molar-refractivity contribution in [2.75, 3.05) is 26.7 Å². The van der Waals surface area contributed by atoms with Gasteiger partial charge in [-0.15, -0.1) is 0 Å². The Hall–Kier alpha value is -3.19. The minimum Gasteiger partial charge on any atom is -0.497 e. The van der Waals surface area contributed by atoms with Gasteiger partial charge in [-0.2, -0.15) is 5.10 Å². The third kappa shape index (κ3) is 5.09. The number of nitrogens with two attached hydrogens (primary N) is 1. The molecule has 2 heterocycles. The second kappa shape index (κ2) is 9.75. The van der Waals surface area contributed by atoms with Gasteiger partial charge >= 0.3 is 0 Å². The Morgan fingerprint density at radius 1 is 1.12 bits per heavy atom. The summed E-state index contributed by atoms with van der Waals surface area (Å²) in [6, 6.07) is 14.0. The lowest BCUT2D eigenvalue weighted by atomic mass is 9.93. The molecule has 0 aliphatic carbocycles. The molecule has 4 rings (SSSR count). The predicted octanol–water partition coefficient (Wildman–Crippen LogP) is 3.19. The van der Waals surface area contributed by atoms with E-state index in [0.717, 1.165) is 33.7 Å². The highest BCUT2D eigenvalue weighted by molar-refractivity contribution is 6.03. The maximum Gasteiger partial charge on any atom is 0.257 e. The molecule has 33 heavy (non-hydrogen) atoms. The number of primary amides is 1. The van der Waals surface area contributed by atoms with E-state index >= 15 is 0 Å². The Labute approximate surface area is 195 Å². The molecule has 1 saturated heterocycles. The molecular weight excluding hydrogens is 416 g/mol. The zero-order valence-electron chi connectivity index (χ0n) is 19.6. The fourth-order valence-electron chi connectivity index (χ4n) is 4.72. The van der Waals surface area contributed by atoms with Crippen LogP contribution in [0.4, 0.5) is 0 Å². The van der Waals surface area contributed by atoms with E-state index in [9.17, 15) is 9.59 Å². The van der Waals surface area contributed by atoms with Crippen LogP contribution in [0.15, 0.2) is 47.6 Å². The van der Waals surface area contributed by atoms with E-state index in [1.165, 1.54) is 0 Å². The van der Waals surface area contributed by atoms with Crippen molar-refractivity contribution in [1.82, 2.24) is 9.91 Å². The smallest absolute Gasteiger partial charge is 0.257 e. The third-order valence-electron chi connectivity index (χ3n) is 6.71. The van der Waals surface area contributed by atoms with E-state index in [-0.39, 0.29) is 30.3 Å². The number of rotatable bonds is 6. The lowest BCUT2D eigenvalue weighted by Crippen LogP contribution is -2.44. The van der Waals surface area contributed by atoms with Crippen molar-refractivity contribution in [2.24, 2.45) is 16.8 Å². The van der Waals surface area contributed by atoms with Crippen molar-refractivity contribution in [2.45, 2.75) is 39.2 Å². The number of likely N-dealkylation sites (tertiary alicyclic amines) is 1. The molecular formula is C26H32N4O3. The maximum atomic E-state index is 13.5. The van der Waals surface area contributed by atoms with Crippen LogP contribution in [0, 0.1) is 19.8 Å². The van der Waals surface area contributed by atoms with Gasteiger partial charge < -0.3 is 10.5 Å². The molecule has 0 aromatic heterocycles. The number of hydrazone groups is 1. The van der Waals surface area contributed by atoms with Crippen LogP contribution < -0.4 is 10.5 Å². The van der Waals surface area contributed by atoms with Crippen LogP contribution in [0.3, 0.4) is 0 Å². The second-order valence-electron chi connectivity index (χ2n) is 9.05. The van der Waals surface area contributed by atoms with Crippen molar-refractivity contribution < 1.29 is 14.3 Å². The summed E-state index contributed by atoms with van der Waals surface area (Å²) >= 11 is 0. The molecule has 0 spiro atoms. The second-order valence-corrected chi connectivity index (χ2v) is 9.05. The number of carbonyl (C=O) groups is 2. The minimum absolute atomic E-state index is 0.0312. The number of hydrogen-bond donors (Lipinski definition) is 1. The quantitative estimate of drug-likeness (QED) is 0.735. The molecule has 1 atom stereocenters. The summed E-state index contributed by atoms with van der Waals surface area (Å²) < 4.78 is 5.39. The standard InChI is InChI=1S/C26H32N4O3/c1-17-7-8-18(2)22(13-17)24-15-23(20-5-4-6-21(14-20)33-3)28-30(24)25(31)16-29-11-9-19(10-12-29)26(27)32/h4-8,13-14,19,24H,9-12,15-16H2,1-3H3,(H2,27,32)/t24-/m1/s1. The SMILES string of the molecule is COc1cccc(C2=NN(C(=O)CN3CCC(C(N)=O)CC3)[C@@H](c3cc(C)ccc3C)C2)c1. The Morgan fingerprint density at radius 3 is 2.58 bits per heavy atom. The first kappa shape index (κ1) is 23.0. The van der Waals surface area contributed by atoms with Gasteiger partial charge in [0, 0.05) is 17.9 Å². The molecule has 2 aromatic rings. The van der Waals surface area contributed by atoms with Gasteiger partial charge in [-0.3, -0.25) is 14.5 Å². The molecule has 2 aromatic carbocycles. The molecule has 1 fully saturated rings. The van der Waals surface area contributed by atoms with E-state index in [2.05, 4.69) is 36.9 Å². The molecule has 0 bridgehead atoms. The molecule has 0 saturated carbocycles. The monoisotopic (exact) mass is 448 g/mol. The maximum absolute atomic E-state index is 13.5. The van der Waals surface area contributed by atoms with E-state index in [0.29, 0.717) is 32.4 Å². The summed E-state index contributed by atoms with van der Waals surface area (Å²) in [5.74, 6) is 0.392. The topological polar surface area (TPSA) is 88.2 Å². The molecule has 0 radical (unpaired) electrons. The number of ether oxygens (including phenoxy) is 1. The van der Waals surface area contributed by atoms with Crippen LogP contribution in [-0.2, 0) is 9.59 Å². The Balaban J connectivity index is 1.59. The van der Waals surface area contributed by atoms with Gasteiger partial charge in [0.05, 0.1) is 25.4 Å². The summed E-state index contributed by atoms with van der Waals surface area (Å²) in [5, 5.41) is 6.48. The van der Waals surface area contributed by atoms with E-state index in [4.69, 9.17) is 15.6 Å². The van der Waals surface area contributed by atoms with Crippen LogP contribution in [0.2, 0.25) is 0 Å². The number of nitrogens with zero attached hydrogens (tertiary/aromatic N) is 3. The van der Waals surface area contributed by atoms with Crippen LogP contribution in [-0.4, -0.2) is 54.2 Å². The molecule has 2 N–H and O–H groups in total. The Morgan fingerprint density at radius 2 is 1.88 bits per heavy atom. The first-order chi connectivity index (χ1) is 15.9. The molecule has 7 nitrogen and oxygen atoms in total. The number of aryl methyl sites for hydroxylation is 2. The van der Waals surface area contributed by atoms with Crippen molar-refractivity contribution in [1.29, 1.82) is 0 Å². The fourth-order valence-corrected chi connectivity index (χ4v) is 4.72. The molecule has 2 aliphatic heterocycles. The van der Waals surface area contributed by atoms with Gasteiger partial charge in [0.25, 0.3) is 5.91 Å². The van der Waals surface area contributed by atoms with Gasteiger partial charge in [-0.1, -0.05) is 35.9 Å². The third-order valence-corrected chi connectivity index (χ3v) is 6.71. The molecule has 2 amide bonds. The van der Waals surface area contributed by atoms with Crippen molar-refractivity contribution >= 4 is 17.5 Å². The molecule has 7 heteroatoms. The fraction of sp³-hybridized carbons (Fsp3) is 0.423. The number of methoxy groups -OCH3 is 1. The van der Waals surface area contributed by atoms with Crippen LogP contribution in [0.5, 0.6) is 5.75 Å². The number of carbonyl (C=O) groups excluding carboxylic acids is 2. The van der Waals surface area contributed by atoms with Crippen molar-refractivity contribution in [3.05, 3.63) is 64.7 Å². The highest BCUT2D eigenvalue weighted by Gasteiger charge is 2.35. The lowest BCUT2D eigenvalue weighted by Gasteiger charge is -2.32. The van der Waals surface area contributed by atoms with Gasteiger partial charge in [-0.25, -0.2) is 5.01 Å². The van der Waals surface area contributed by atoms with Gasteiger partial charge in [0.15, 0.2) is 0 Å². The zero-order valence-corrected chi connectivity index (χ0v) is 19.6. The minimum atomic E-state index is -0.247. The zero-order chi connectivity index (χ0) is 23.5. The average Bonchev–Trinajstić information content (AvgIpc) is 3.26. The Kier molecular flexibility index (Phi) is 6.79. The Bertz CT molecular complexity index is 1070. The first-order valence-electron chi connectivity index (χ1n) is 11.5. The number of amides is 2. The van der Waals surface area contributed by atoms with Gasteiger partial charge in [0.1, 0.15) is 5.75 Å². The molecule has 2 aliphatic rings. The highest BCUT2D eigenvalue weighted by Crippen LogP contribution is 2.35. The highest BCUT2D eigenvalue weighted by atomic mass is 16.5. The number of benzene rings is 2. The van der Waals surface area contributed by atoms with E-state index in [1.54, 1.807) is 12.1 Å². The number of hydrogen-bond acceptors (Lipinski definition) is 5. The van der Waals surface area contributed by atoms with E-state index in [1.807, 2.05) is 24.3 Å². The number of piperidine rings is 1. The van der Waals surface area contributed by atoms with Gasteiger partial charge in [0.2, 0.25) is 5.91 Å². The molecule has 174 valence electrons. The van der Waals surface area contributed by atoms with Crippen molar-refractivity contribution in [3.63, 3.8) is 0 Å². The van der Waals surface area contributed by atoms with Gasteiger partial charge in [-0.05, 0) is 63.0 Å². The van der Waals surface area contributed by atoms with Crippen LogP contribution in [0.25, 0.3) is 0 Å². The van der Waals surface area contributed by atoms with E-state index < -0.39 is 0 Å². The molecule has 0 unspecified atom stereocenters. The summed E-state index contributed by atoms with van der Waals surface area (Å²) in [6.07, 6.45) is 2.04. The normalized spacial score (nSPS) is 19.4. The summed E-state index contributed by atoms with van der Waals surface area (Å²) in [4.78, 5) is 27.0. The van der Waals surface area contributed by atoms with Crippen LogP contribution in [0.1, 0.15) is 47.6 Å². The summed E-state index contributed by atoms with van der Waals surface area (Å²) in [5.41, 5.74) is 10.7. The first-order valence-corrected chi connectivity index (χ1v) is 11.5.